The van der Waals surface area contributed by atoms with E-state index in [4.69, 9.17) is 11.2 Å². The first kappa shape index (κ1) is 11.5. The van der Waals surface area contributed by atoms with Gasteiger partial charge in [-0.1, -0.05) is 5.92 Å². The maximum atomic E-state index is 5.89. The highest BCUT2D eigenvalue weighted by molar-refractivity contribution is 4.96. The van der Waals surface area contributed by atoms with Crippen LogP contribution in [0.5, 0.6) is 0 Å². The number of rotatable bonds is 3. The Kier molecular flexibility index (Phi) is 3.37. The molecule has 0 aromatic rings. The van der Waals surface area contributed by atoms with E-state index in [1.54, 1.807) is 0 Å². The largest absolute Gasteiger partial charge is 0.373 e. The molecule has 0 amide bonds. The van der Waals surface area contributed by atoms with Crippen LogP contribution in [0, 0.1) is 12.3 Å². The lowest BCUT2D eigenvalue weighted by atomic mass is 9.93. The highest BCUT2D eigenvalue weighted by atomic mass is 16.5. The maximum Gasteiger partial charge on any atom is 0.0733 e. The molecule has 17 heavy (non-hydrogen) atoms. The summed E-state index contributed by atoms with van der Waals surface area (Å²) in [5, 5.41) is 3.81. The normalized spacial score (nSPS) is 38.4. The van der Waals surface area contributed by atoms with Crippen LogP contribution in [-0.4, -0.2) is 48.8 Å². The molecular formula is C14H22N2O. The molecule has 94 valence electrons. The van der Waals surface area contributed by atoms with Gasteiger partial charge < -0.3 is 10.1 Å². The fraction of sp³-hybridized carbons (Fsp3) is 0.857. The molecule has 0 spiro atoms. The minimum absolute atomic E-state index is 0.503. The third kappa shape index (κ3) is 2.49. The van der Waals surface area contributed by atoms with Gasteiger partial charge in [0.15, 0.2) is 0 Å². The van der Waals surface area contributed by atoms with Crippen LogP contribution in [0.25, 0.3) is 0 Å². The Hall–Kier alpha value is -0.560. The molecule has 3 unspecified atom stereocenters. The second kappa shape index (κ2) is 4.97. The van der Waals surface area contributed by atoms with Crippen LogP contribution in [-0.2, 0) is 4.74 Å². The predicted octanol–water partition coefficient (Wildman–Crippen LogP) is 0.993. The van der Waals surface area contributed by atoms with Gasteiger partial charge in [0.25, 0.3) is 0 Å². The first-order valence-electron chi connectivity index (χ1n) is 6.92. The van der Waals surface area contributed by atoms with Gasteiger partial charge in [-0.25, -0.2) is 0 Å². The summed E-state index contributed by atoms with van der Waals surface area (Å²) in [7, 11) is 0. The smallest absolute Gasteiger partial charge is 0.0733 e. The number of hydrogen-bond donors (Lipinski definition) is 1. The van der Waals surface area contributed by atoms with E-state index in [2.05, 4.69) is 16.1 Å². The van der Waals surface area contributed by atoms with Crippen molar-refractivity contribution in [3.63, 3.8) is 0 Å². The van der Waals surface area contributed by atoms with Crippen molar-refractivity contribution in [2.45, 2.75) is 56.4 Å². The van der Waals surface area contributed by atoms with E-state index in [0.29, 0.717) is 24.3 Å². The Labute approximate surface area is 104 Å². The van der Waals surface area contributed by atoms with Crippen LogP contribution in [0.1, 0.15) is 32.1 Å². The molecule has 0 aromatic heterocycles. The Balaban J connectivity index is 1.44. The van der Waals surface area contributed by atoms with Crippen LogP contribution < -0.4 is 5.32 Å². The average Bonchev–Trinajstić information content (AvgIpc) is 2.94. The number of likely N-dealkylation sites (tertiary alicyclic amines) is 1. The maximum absolute atomic E-state index is 5.89. The number of nitrogens with one attached hydrogen (secondary N) is 1. The Bertz CT molecular complexity index is 304. The summed E-state index contributed by atoms with van der Waals surface area (Å²) in [6.45, 7) is 3.09. The van der Waals surface area contributed by atoms with Crippen LogP contribution >= 0.6 is 0 Å². The molecule has 2 bridgehead atoms. The third-order valence-electron chi connectivity index (χ3n) is 4.46. The van der Waals surface area contributed by atoms with E-state index < -0.39 is 0 Å². The standard InChI is InChI=1S/C14H22N2O/c1-2-7-16-8-5-11(6-9-16)15-13-10-12-3-4-14(13)17-12/h1,11-15H,3-10H2. The Morgan fingerprint density at radius 1 is 1.24 bits per heavy atom. The zero-order valence-corrected chi connectivity index (χ0v) is 10.4. The van der Waals surface area contributed by atoms with Gasteiger partial charge in [-0.05, 0) is 32.1 Å². The van der Waals surface area contributed by atoms with Gasteiger partial charge in [0.1, 0.15) is 0 Å². The zero-order valence-electron chi connectivity index (χ0n) is 10.4. The monoisotopic (exact) mass is 234 g/mol. The summed E-state index contributed by atoms with van der Waals surface area (Å²) in [5.74, 6) is 2.73. The van der Waals surface area contributed by atoms with Crippen molar-refractivity contribution in [2.24, 2.45) is 0 Å². The van der Waals surface area contributed by atoms with Crippen LogP contribution in [0.3, 0.4) is 0 Å². The van der Waals surface area contributed by atoms with Crippen molar-refractivity contribution in [1.82, 2.24) is 10.2 Å². The number of fused-ring (bicyclic) bond motifs is 2. The van der Waals surface area contributed by atoms with Crippen LogP contribution in [0.4, 0.5) is 0 Å². The summed E-state index contributed by atoms with van der Waals surface area (Å²) in [4.78, 5) is 2.37. The molecule has 3 heterocycles. The minimum atomic E-state index is 0.503. The summed E-state index contributed by atoms with van der Waals surface area (Å²) in [6.07, 6.45) is 12.6. The lowest BCUT2D eigenvalue weighted by Crippen LogP contribution is -2.49. The molecule has 0 saturated carbocycles. The van der Waals surface area contributed by atoms with E-state index in [-0.39, 0.29) is 0 Å². The molecule has 3 heteroatoms. The average molecular weight is 234 g/mol. The predicted molar refractivity (Wildman–Crippen MR) is 67.7 cm³/mol. The molecule has 3 aliphatic rings. The summed E-state index contributed by atoms with van der Waals surface area (Å²) in [5.41, 5.74) is 0. The van der Waals surface area contributed by atoms with Gasteiger partial charge in [0, 0.05) is 25.2 Å². The van der Waals surface area contributed by atoms with Gasteiger partial charge in [0.05, 0.1) is 18.8 Å². The molecule has 3 nitrogen and oxygen atoms in total. The van der Waals surface area contributed by atoms with E-state index >= 15 is 0 Å². The molecule has 0 radical (unpaired) electrons. The van der Waals surface area contributed by atoms with E-state index in [1.807, 2.05) is 0 Å². The molecule has 3 fully saturated rings. The zero-order chi connectivity index (χ0) is 11.7. The molecule has 3 aliphatic heterocycles. The topological polar surface area (TPSA) is 24.5 Å². The van der Waals surface area contributed by atoms with Crippen LogP contribution in [0.2, 0.25) is 0 Å². The molecule has 3 rings (SSSR count). The number of ether oxygens (including phenoxy) is 1. The highest BCUT2D eigenvalue weighted by Crippen LogP contribution is 2.34. The Morgan fingerprint density at radius 3 is 2.65 bits per heavy atom. The molecule has 1 N–H and O–H groups in total. The van der Waals surface area contributed by atoms with Crippen molar-refractivity contribution in [3.8, 4) is 12.3 Å². The molecular weight excluding hydrogens is 212 g/mol. The molecule has 0 aromatic carbocycles. The quantitative estimate of drug-likeness (QED) is 0.737. The number of nitrogens with zero attached hydrogens (tertiary/aromatic N) is 1. The summed E-state index contributed by atoms with van der Waals surface area (Å²) >= 11 is 0. The first-order chi connectivity index (χ1) is 8.35. The van der Waals surface area contributed by atoms with Gasteiger partial charge in [-0.2, -0.15) is 0 Å². The van der Waals surface area contributed by atoms with Gasteiger partial charge in [0.2, 0.25) is 0 Å². The molecule has 3 atom stereocenters. The van der Waals surface area contributed by atoms with E-state index in [1.165, 1.54) is 32.1 Å². The van der Waals surface area contributed by atoms with Crippen molar-refractivity contribution in [2.75, 3.05) is 19.6 Å². The van der Waals surface area contributed by atoms with E-state index in [9.17, 15) is 0 Å². The van der Waals surface area contributed by atoms with Crippen molar-refractivity contribution < 1.29 is 4.74 Å². The second-order valence-corrected chi connectivity index (χ2v) is 5.64. The van der Waals surface area contributed by atoms with Crippen molar-refractivity contribution in [3.05, 3.63) is 0 Å². The fourth-order valence-electron chi connectivity index (χ4n) is 3.50. The summed E-state index contributed by atoms with van der Waals surface area (Å²) < 4.78 is 5.89. The van der Waals surface area contributed by atoms with Crippen molar-refractivity contribution in [1.29, 1.82) is 0 Å². The van der Waals surface area contributed by atoms with Gasteiger partial charge in [-0.3, -0.25) is 4.90 Å². The Morgan fingerprint density at radius 2 is 2.06 bits per heavy atom. The fourth-order valence-corrected chi connectivity index (χ4v) is 3.50. The van der Waals surface area contributed by atoms with Crippen LogP contribution in [0.15, 0.2) is 0 Å². The van der Waals surface area contributed by atoms with Gasteiger partial charge >= 0.3 is 0 Å². The first-order valence-corrected chi connectivity index (χ1v) is 6.92. The lowest BCUT2D eigenvalue weighted by Gasteiger charge is -2.34. The van der Waals surface area contributed by atoms with Gasteiger partial charge in [-0.15, -0.1) is 6.42 Å². The number of hydrogen-bond acceptors (Lipinski definition) is 3. The highest BCUT2D eigenvalue weighted by Gasteiger charge is 2.41. The molecule has 0 aliphatic carbocycles. The minimum Gasteiger partial charge on any atom is -0.373 e. The summed E-state index contributed by atoms with van der Waals surface area (Å²) in [6, 6.07) is 1.30. The molecule has 3 saturated heterocycles. The van der Waals surface area contributed by atoms with Crippen molar-refractivity contribution >= 4 is 0 Å². The second-order valence-electron chi connectivity index (χ2n) is 5.64. The van der Waals surface area contributed by atoms with E-state index in [0.717, 1.165) is 19.6 Å². The number of piperidine rings is 1. The SMILES string of the molecule is C#CCN1CCC(NC2CC3CCC2O3)CC1. The lowest BCUT2D eigenvalue weighted by molar-refractivity contribution is 0.0937. The number of terminal acetylenes is 1. The third-order valence-corrected chi connectivity index (χ3v) is 4.46.